The van der Waals surface area contributed by atoms with E-state index in [9.17, 15) is 4.79 Å². The lowest BCUT2D eigenvalue weighted by atomic mass is 9.99. The second kappa shape index (κ2) is 10.1. The second-order valence-electron chi connectivity index (χ2n) is 7.38. The van der Waals surface area contributed by atoms with Gasteiger partial charge in [-0.25, -0.2) is 0 Å². The number of rotatable bonds is 4. The van der Waals surface area contributed by atoms with Crippen molar-refractivity contribution in [1.82, 2.24) is 19.7 Å². The van der Waals surface area contributed by atoms with E-state index in [0.29, 0.717) is 12.8 Å². The van der Waals surface area contributed by atoms with Crippen molar-refractivity contribution in [3.63, 3.8) is 0 Å². The molecule has 2 aliphatic heterocycles. The van der Waals surface area contributed by atoms with Gasteiger partial charge in [0, 0.05) is 31.6 Å². The molecule has 4 rings (SSSR count). The highest BCUT2D eigenvalue weighted by Gasteiger charge is 2.32. The summed E-state index contributed by atoms with van der Waals surface area (Å²) in [6.45, 7) is 1.80. The highest BCUT2D eigenvalue weighted by Crippen LogP contribution is 2.32. The first-order valence-electron chi connectivity index (χ1n) is 9.79. The lowest BCUT2D eigenvalue weighted by molar-refractivity contribution is -0.135. The highest BCUT2D eigenvalue weighted by molar-refractivity contribution is 5.85. The molecule has 1 atom stereocenters. The average Bonchev–Trinajstić information content (AvgIpc) is 3.11. The molecule has 28 heavy (non-hydrogen) atoms. The number of likely N-dealkylation sites (tertiary alicyclic amines) is 1. The van der Waals surface area contributed by atoms with E-state index in [1.807, 2.05) is 29.2 Å². The third-order valence-corrected chi connectivity index (χ3v) is 5.67. The van der Waals surface area contributed by atoms with E-state index >= 15 is 0 Å². The maximum atomic E-state index is 13.0. The van der Waals surface area contributed by atoms with Gasteiger partial charge < -0.3 is 15.2 Å². The summed E-state index contributed by atoms with van der Waals surface area (Å²) in [5.74, 6) is 2.28. The van der Waals surface area contributed by atoms with E-state index < -0.39 is 0 Å². The van der Waals surface area contributed by atoms with Crippen LogP contribution in [0.25, 0.3) is 0 Å². The Hall–Kier alpha value is -1.79. The van der Waals surface area contributed by atoms with Crippen LogP contribution in [-0.2, 0) is 24.2 Å². The normalized spacial score (nSPS) is 18.6. The molecule has 3 heterocycles. The molecule has 0 bridgehead atoms. The molecule has 1 aromatic carbocycles. The Balaban J connectivity index is 0.00000140. The van der Waals surface area contributed by atoms with Gasteiger partial charge in [0.05, 0.1) is 6.04 Å². The van der Waals surface area contributed by atoms with Gasteiger partial charge in [0.1, 0.15) is 5.82 Å². The number of nitrogen functional groups attached to an aromatic ring is 1. The number of aryl methyl sites for hydroxylation is 2. The molecular weight excluding hydrogens is 397 g/mol. The second-order valence-corrected chi connectivity index (χ2v) is 7.38. The lowest BCUT2D eigenvalue weighted by Crippen LogP contribution is -2.40. The molecule has 1 aromatic heterocycles. The molecule has 1 unspecified atom stereocenters. The van der Waals surface area contributed by atoms with Crippen molar-refractivity contribution in [3.8, 4) is 0 Å². The lowest BCUT2D eigenvalue weighted by Gasteiger charge is -2.35. The molecule has 8 heteroatoms. The van der Waals surface area contributed by atoms with E-state index in [4.69, 9.17) is 5.73 Å². The standard InChI is InChI=1S/C20H27N5O.2ClH/c21-16-8-2-1-7-15(16)11-12-19(26)24-13-5-3-9-17(24)20-23-22-18-10-4-6-14-25(18)20;;/h1-2,7-8,17H,3-6,9-14,21H2;2*1H. The SMILES string of the molecule is Cl.Cl.Nc1ccccc1CCC(=O)N1CCCCC1c1nnc2n1CCCC2. The zero-order valence-corrected chi connectivity index (χ0v) is 17.7. The monoisotopic (exact) mass is 425 g/mol. The van der Waals surface area contributed by atoms with Gasteiger partial charge >= 0.3 is 0 Å². The molecule has 1 amide bonds. The maximum Gasteiger partial charge on any atom is 0.223 e. The average molecular weight is 426 g/mol. The van der Waals surface area contributed by atoms with Gasteiger partial charge in [-0.1, -0.05) is 18.2 Å². The number of hydrogen-bond acceptors (Lipinski definition) is 4. The Labute approximate surface area is 178 Å². The van der Waals surface area contributed by atoms with Gasteiger partial charge in [0.2, 0.25) is 5.91 Å². The van der Waals surface area contributed by atoms with Crippen LogP contribution >= 0.6 is 24.8 Å². The topological polar surface area (TPSA) is 77.0 Å². The zero-order chi connectivity index (χ0) is 17.9. The van der Waals surface area contributed by atoms with Crippen LogP contribution < -0.4 is 5.73 Å². The maximum absolute atomic E-state index is 13.0. The largest absolute Gasteiger partial charge is 0.399 e. The molecule has 154 valence electrons. The van der Waals surface area contributed by atoms with E-state index in [1.54, 1.807) is 0 Å². The molecule has 1 saturated heterocycles. The molecule has 0 radical (unpaired) electrons. The van der Waals surface area contributed by atoms with Gasteiger partial charge in [0.25, 0.3) is 0 Å². The summed E-state index contributed by atoms with van der Waals surface area (Å²) in [6.07, 6.45) is 7.73. The number of para-hydroxylation sites is 1. The first-order chi connectivity index (χ1) is 12.7. The number of piperidine rings is 1. The fourth-order valence-electron chi connectivity index (χ4n) is 4.22. The summed E-state index contributed by atoms with van der Waals surface area (Å²) in [5.41, 5.74) is 7.84. The predicted octanol–water partition coefficient (Wildman–Crippen LogP) is 3.73. The van der Waals surface area contributed by atoms with Crippen LogP contribution in [0.15, 0.2) is 24.3 Å². The predicted molar refractivity (Wildman–Crippen MR) is 115 cm³/mol. The van der Waals surface area contributed by atoms with Crippen molar-refractivity contribution in [1.29, 1.82) is 0 Å². The van der Waals surface area contributed by atoms with Gasteiger partial charge in [-0.2, -0.15) is 0 Å². The summed E-state index contributed by atoms with van der Waals surface area (Å²) in [7, 11) is 0. The number of anilines is 1. The molecule has 0 aliphatic carbocycles. The van der Waals surface area contributed by atoms with E-state index in [0.717, 1.165) is 61.7 Å². The number of fused-ring (bicyclic) bond motifs is 1. The molecule has 0 spiro atoms. The summed E-state index contributed by atoms with van der Waals surface area (Å²) in [5, 5.41) is 8.87. The Morgan fingerprint density at radius 2 is 1.86 bits per heavy atom. The summed E-state index contributed by atoms with van der Waals surface area (Å²) in [4.78, 5) is 15.0. The molecule has 2 aliphatic rings. The fourth-order valence-corrected chi connectivity index (χ4v) is 4.22. The number of carbonyl (C=O) groups excluding carboxylic acids is 1. The first kappa shape index (κ1) is 22.5. The minimum atomic E-state index is 0. The van der Waals surface area contributed by atoms with E-state index in [1.165, 1.54) is 12.8 Å². The number of carbonyl (C=O) groups is 1. The van der Waals surface area contributed by atoms with Crippen LogP contribution in [0.2, 0.25) is 0 Å². The van der Waals surface area contributed by atoms with Crippen LogP contribution in [0, 0.1) is 0 Å². The number of aromatic nitrogens is 3. The van der Waals surface area contributed by atoms with Gasteiger partial charge in [-0.3, -0.25) is 4.79 Å². The van der Waals surface area contributed by atoms with Crippen molar-refractivity contribution in [2.24, 2.45) is 0 Å². The number of nitrogens with zero attached hydrogens (tertiary/aromatic N) is 4. The third-order valence-electron chi connectivity index (χ3n) is 5.67. The van der Waals surface area contributed by atoms with Crippen molar-refractivity contribution in [2.75, 3.05) is 12.3 Å². The number of nitrogens with two attached hydrogens (primary N) is 1. The van der Waals surface area contributed by atoms with Crippen LogP contribution in [0.1, 0.15) is 61.8 Å². The summed E-state index contributed by atoms with van der Waals surface area (Å²) < 4.78 is 2.26. The minimum Gasteiger partial charge on any atom is -0.399 e. The molecule has 1 fully saturated rings. The minimum absolute atomic E-state index is 0. The number of benzene rings is 1. The molecular formula is C20H29Cl2N5O. The van der Waals surface area contributed by atoms with Crippen LogP contribution in [0.4, 0.5) is 5.69 Å². The van der Waals surface area contributed by atoms with Gasteiger partial charge in [0.15, 0.2) is 5.82 Å². The number of hydrogen-bond donors (Lipinski definition) is 1. The van der Waals surface area contributed by atoms with Crippen molar-refractivity contribution >= 4 is 36.4 Å². The Morgan fingerprint density at radius 3 is 2.68 bits per heavy atom. The first-order valence-corrected chi connectivity index (χ1v) is 9.79. The van der Waals surface area contributed by atoms with Crippen LogP contribution in [0.3, 0.4) is 0 Å². The van der Waals surface area contributed by atoms with Crippen LogP contribution in [-0.4, -0.2) is 32.1 Å². The van der Waals surface area contributed by atoms with Crippen molar-refractivity contribution < 1.29 is 4.79 Å². The van der Waals surface area contributed by atoms with Crippen LogP contribution in [0.5, 0.6) is 0 Å². The van der Waals surface area contributed by atoms with Crippen molar-refractivity contribution in [2.45, 2.75) is 64.0 Å². The zero-order valence-electron chi connectivity index (χ0n) is 16.0. The quantitative estimate of drug-likeness (QED) is 0.756. The van der Waals surface area contributed by atoms with Crippen molar-refractivity contribution in [3.05, 3.63) is 41.5 Å². The molecule has 6 nitrogen and oxygen atoms in total. The Morgan fingerprint density at radius 1 is 1.07 bits per heavy atom. The van der Waals surface area contributed by atoms with Gasteiger partial charge in [-0.05, 0) is 50.2 Å². The summed E-state index contributed by atoms with van der Waals surface area (Å²) in [6, 6.07) is 7.87. The Bertz CT molecular complexity index is 795. The molecule has 2 N–H and O–H groups in total. The smallest absolute Gasteiger partial charge is 0.223 e. The molecule has 2 aromatic rings. The highest BCUT2D eigenvalue weighted by atomic mass is 35.5. The van der Waals surface area contributed by atoms with Gasteiger partial charge in [-0.15, -0.1) is 35.0 Å². The number of halogens is 2. The number of amides is 1. The Kier molecular flexibility index (Phi) is 8.13. The van der Waals surface area contributed by atoms with E-state index in [-0.39, 0.29) is 36.8 Å². The van der Waals surface area contributed by atoms with E-state index in [2.05, 4.69) is 14.8 Å². The fraction of sp³-hybridized carbons (Fsp3) is 0.550. The summed E-state index contributed by atoms with van der Waals surface area (Å²) >= 11 is 0. The third kappa shape index (κ3) is 4.61. The molecule has 0 saturated carbocycles.